The van der Waals surface area contributed by atoms with Gasteiger partial charge in [-0.3, -0.25) is 9.69 Å². The zero-order chi connectivity index (χ0) is 14.5. The third-order valence-electron chi connectivity index (χ3n) is 5.02. The third kappa shape index (κ3) is 2.22. The van der Waals surface area contributed by atoms with Gasteiger partial charge in [0, 0.05) is 24.7 Å². The molecule has 2 aliphatic carbocycles. The van der Waals surface area contributed by atoms with Crippen LogP contribution in [0.25, 0.3) is 0 Å². The summed E-state index contributed by atoms with van der Waals surface area (Å²) in [6.45, 7) is 2.72. The molecule has 2 N–H and O–H groups in total. The van der Waals surface area contributed by atoms with Crippen LogP contribution in [0.3, 0.4) is 0 Å². The number of aliphatic hydroxyl groups is 1. The van der Waals surface area contributed by atoms with Crippen molar-refractivity contribution in [3.8, 4) is 0 Å². The van der Waals surface area contributed by atoms with Gasteiger partial charge in [-0.05, 0) is 45.4 Å². The van der Waals surface area contributed by atoms with Gasteiger partial charge >= 0.3 is 5.92 Å². The predicted molar refractivity (Wildman–Crippen MR) is 69.5 cm³/mol. The fourth-order valence-electron chi connectivity index (χ4n) is 3.39. The van der Waals surface area contributed by atoms with E-state index in [2.05, 4.69) is 17.1 Å². The van der Waals surface area contributed by atoms with Gasteiger partial charge in [0.2, 0.25) is 0 Å². The topological polar surface area (TPSA) is 52.6 Å². The van der Waals surface area contributed by atoms with Crippen LogP contribution in [-0.4, -0.2) is 52.1 Å². The van der Waals surface area contributed by atoms with E-state index in [0.717, 1.165) is 0 Å². The van der Waals surface area contributed by atoms with E-state index in [1.54, 1.807) is 0 Å². The molecule has 0 radical (unpaired) electrons. The fraction of sp³-hybridized carbons (Fsp3) is 0.929. The summed E-state index contributed by atoms with van der Waals surface area (Å²) in [5, 5.41) is 12.2. The van der Waals surface area contributed by atoms with Gasteiger partial charge in [-0.15, -0.1) is 0 Å². The second-order valence-corrected chi connectivity index (χ2v) is 6.64. The zero-order valence-electron chi connectivity index (χ0n) is 11.7. The lowest BCUT2D eigenvalue weighted by Crippen LogP contribution is -2.61. The lowest BCUT2D eigenvalue weighted by atomic mass is 9.75. The molecule has 2 unspecified atom stereocenters. The van der Waals surface area contributed by atoms with Gasteiger partial charge < -0.3 is 10.4 Å². The van der Waals surface area contributed by atoms with Crippen molar-refractivity contribution in [3.63, 3.8) is 0 Å². The van der Waals surface area contributed by atoms with Gasteiger partial charge in [-0.1, -0.05) is 0 Å². The molecular formula is C14H22F2N2O2. The van der Waals surface area contributed by atoms with E-state index in [0.29, 0.717) is 31.5 Å². The van der Waals surface area contributed by atoms with Gasteiger partial charge in [-0.2, -0.15) is 8.78 Å². The molecule has 114 valence electrons. The second-order valence-electron chi connectivity index (χ2n) is 6.64. The molecule has 2 saturated carbocycles. The number of hydrogen-bond acceptors (Lipinski definition) is 3. The minimum Gasteiger partial charge on any atom is -0.383 e. The number of hydrogen-bond donors (Lipinski definition) is 2. The first kappa shape index (κ1) is 14.2. The minimum absolute atomic E-state index is 0.00267. The van der Waals surface area contributed by atoms with Gasteiger partial charge in [0.05, 0.1) is 0 Å². The van der Waals surface area contributed by atoms with Crippen molar-refractivity contribution in [2.75, 3.05) is 6.54 Å². The third-order valence-corrected chi connectivity index (χ3v) is 5.02. The molecule has 0 aromatic rings. The van der Waals surface area contributed by atoms with E-state index >= 15 is 0 Å². The van der Waals surface area contributed by atoms with Crippen LogP contribution in [0.1, 0.15) is 45.4 Å². The number of likely N-dealkylation sites (tertiary alicyclic amines) is 1. The highest BCUT2D eigenvalue weighted by Gasteiger charge is 2.61. The highest BCUT2D eigenvalue weighted by atomic mass is 19.3. The summed E-state index contributed by atoms with van der Waals surface area (Å²) in [4.78, 5) is 14.1. The van der Waals surface area contributed by atoms with Crippen LogP contribution in [0.5, 0.6) is 0 Å². The van der Waals surface area contributed by atoms with Gasteiger partial charge in [0.25, 0.3) is 5.91 Å². The van der Waals surface area contributed by atoms with Crippen molar-refractivity contribution in [1.29, 1.82) is 0 Å². The molecule has 1 amide bonds. The van der Waals surface area contributed by atoms with Crippen LogP contribution in [0.15, 0.2) is 0 Å². The molecule has 3 aliphatic rings. The van der Waals surface area contributed by atoms with E-state index in [1.165, 1.54) is 12.8 Å². The summed E-state index contributed by atoms with van der Waals surface area (Å²) in [6, 6.07) is 0.670. The van der Waals surface area contributed by atoms with Crippen molar-refractivity contribution >= 4 is 5.91 Å². The second kappa shape index (κ2) is 4.63. The van der Waals surface area contributed by atoms with Gasteiger partial charge in [0.15, 0.2) is 0 Å². The molecule has 0 aromatic carbocycles. The van der Waals surface area contributed by atoms with Crippen LogP contribution in [-0.2, 0) is 4.79 Å². The maximum Gasteiger partial charge on any atom is 0.352 e. The molecule has 20 heavy (non-hydrogen) atoms. The SMILES string of the molecule is CC1CC(NC(=O)C(F)(F)C2(O)CCC2)CN1C1CC1. The zero-order valence-corrected chi connectivity index (χ0v) is 11.7. The summed E-state index contributed by atoms with van der Waals surface area (Å²) in [7, 11) is 0. The normalized spacial score (nSPS) is 33.8. The smallest absolute Gasteiger partial charge is 0.352 e. The summed E-state index contributed by atoms with van der Waals surface area (Å²) < 4.78 is 28.0. The van der Waals surface area contributed by atoms with E-state index in [4.69, 9.17) is 0 Å². The summed E-state index contributed by atoms with van der Waals surface area (Å²) in [5.41, 5.74) is -2.13. The van der Waals surface area contributed by atoms with Crippen LogP contribution in [0, 0.1) is 0 Å². The molecule has 6 heteroatoms. The Bertz CT molecular complexity index is 408. The summed E-state index contributed by atoms with van der Waals surface area (Å²) >= 11 is 0. The number of carbonyl (C=O) groups excluding carboxylic acids is 1. The molecule has 3 rings (SSSR count). The first-order valence-electron chi connectivity index (χ1n) is 7.50. The first-order valence-corrected chi connectivity index (χ1v) is 7.50. The Kier molecular flexibility index (Phi) is 3.29. The van der Waals surface area contributed by atoms with E-state index in [1.807, 2.05) is 0 Å². The largest absolute Gasteiger partial charge is 0.383 e. The van der Waals surface area contributed by atoms with Crippen molar-refractivity contribution < 1.29 is 18.7 Å². The molecule has 4 nitrogen and oxygen atoms in total. The number of carbonyl (C=O) groups is 1. The molecule has 1 heterocycles. The number of amides is 1. The fourth-order valence-corrected chi connectivity index (χ4v) is 3.39. The Labute approximate surface area is 117 Å². The molecule has 1 aliphatic heterocycles. The summed E-state index contributed by atoms with van der Waals surface area (Å²) in [6.07, 6.45) is 3.60. The van der Waals surface area contributed by atoms with Gasteiger partial charge in [-0.25, -0.2) is 0 Å². The van der Waals surface area contributed by atoms with Crippen molar-refractivity contribution in [2.45, 2.75) is 75.1 Å². The molecule has 0 bridgehead atoms. The quantitative estimate of drug-likeness (QED) is 0.819. The standard InChI is InChI=1S/C14H22F2N2O2/c1-9-7-10(8-18(9)11-3-4-11)17-12(19)14(15,16)13(20)5-2-6-13/h9-11,20H,2-8H2,1H3,(H,17,19). The Balaban J connectivity index is 1.59. The van der Waals surface area contributed by atoms with Crippen molar-refractivity contribution in [3.05, 3.63) is 0 Å². The first-order chi connectivity index (χ1) is 9.33. The van der Waals surface area contributed by atoms with Crippen LogP contribution < -0.4 is 5.32 Å². The molecular weight excluding hydrogens is 266 g/mol. The van der Waals surface area contributed by atoms with E-state index in [9.17, 15) is 18.7 Å². The molecule has 0 spiro atoms. The van der Waals surface area contributed by atoms with Gasteiger partial charge in [0.1, 0.15) is 5.60 Å². The molecule has 0 aromatic heterocycles. The monoisotopic (exact) mass is 288 g/mol. The lowest BCUT2D eigenvalue weighted by molar-refractivity contribution is -0.216. The Morgan fingerprint density at radius 1 is 1.40 bits per heavy atom. The van der Waals surface area contributed by atoms with Crippen molar-refractivity contribution in [2.24, 2.45) is 0 Å². The average Bonchev–Trinajstić information content (AvgIpc) is 3.11. The predicted octanol–water partition coefficient (Wildman–Crippen LogP) is 1.28. The molecule has 1 saturated heterocycles. The number of halogens is 2. The maximum atomic E-state index is 14.0. The number of rotatable bonds is 4. The van der Waals surface area contributed by atoms with E-state index < -0.39 is 17.4 Å². The Morgan fingerprint density at radius 2 is 2.05 bits per heavy atom. The summed E-state index contributed by atoms with van der Waals surface area (Å²) in [5.74, 6) is -4.99. The molecule has 2 atom stereocenters. The van der Waals surface area contributed by atoms with Crippen LogP contribution in [0.4, 0.5) is 8.78 Å². The Morgan fingerprint density at radius 3 is 2.55 bits per heavy atom. The highest BCUT2D eigenvalue weighted by molar-refractivity contribution is 5.85. The van der Waals surface area contributed by atoms with Crippen molar-refractivity contribution in [1.82, 2.24) is 10.2 Å². The number of nitrogens with one attached hydrogen (secondary N) is 1. The van der Waals surface area contributed by atoms with E-state index in [-0.39, 0.29) is 18.9 Å². The maximum absolute atomic E-state index is 14.0. The van der Waals surface area contributed by atoms with Crippen LogP contribution in [0.2, 0.25) is 0 Å². The average molecular weight is 288 g/mol. The molecule has 3 fully saturated rings. The van der Waals surface area contributed by atoms with Crippen LogP contribution >= 0.6 is 0 Å². The lowest BCUT2D eigenvalue weighted by Gasteiger charge is -2.41. The number of alkyl halides is 2. The minimum atomic E-state index is -3.68. The highest BCUT2D eigenvalue weighted by Crippen LogP contribution is 2.44. The number of nitrogens with zero attached hydrogens (tertiary/aromatic N) is 1. The Hall–Kier alpha value is -0.750.